The topological polar surface area (TPSA) is 88.2 Å². The number of rotatable bonds is 3. The zero-order valence-corrected chi connectivity index (χ0v) is 11.6. The van der Waals surface area contributed by atoms with Gasteiger partial charge in [-0.05, 0) is 25.5 Å². The molecule has 6 nitrogen and oxygen atoms in total. The summed E-state index contributed by atoms with van der Waals surface area (Å²) in [5.74, 6) is -0.0703. The number of benzene rings is 1. The summed E-state index contributed by atoms with van der Waals surface area (Å²) in [4.78, 5) is 14.0. The Morgan fingerprint density at radius 1 is 1.55 bits per heavy atom. The first kappa shape index (κ1) is 14.3. The monoisotopic (exact) mass is 277 g/mol. The average molecular weight is 277 g/mol. The fraction of sp³-hybridized carbons (Fsp3) is 0.429. The Morgan fingerprint density at radius 3 is 2.90 bits per heavy atom. The fourth-order valence-corrected chi connectivity index (χ4v) is 2.32. The van der Waals surface area contributed by atoms with Crippen LogP contribution in [0.3, 0.4) is 0 Å². The summed E-state index contributed by atoms with van der Waals surface area (Å²) in [5, 5.41) is 11.7. The zero-order chi connectivity index (χ0) is 14.7. The van der Waals surface area contributed by atoms with E-state index in [-0.39, 0.29) is 23.8 Å². The van der Waals surface area contributed by atoms with Crippen molar-refractivity contribution < 1.29 is 14.7 Å². The van der Waals surface area contributed by atoms with Gasteiger partial charge in [0.05, 0.1) is 18.6 Å². The number of nitrogens with two attached hydrogens (primary N) is 1. The van der Waals surface area contributed by atoms with Crippen LogP contribution in [0.15, 0.2) is 29.4 Å². The maximum absolute atomic E-state index is 12.4. The number of nitrogens with zero attached hydrogens (tertiary/aromatic N) is 2. The van der Waals surface area contributed by atoms with Crippen molar-refractivity contribution in [2.24, 2.45) is 16.8 Å². The normalized spacial score (nSPS) is 22.8. The Hall–Kier alpha value is -2.08. The van der Waals surface area contributed by atoms with Gasteiger partial charge in [-0.1, -0.05) is 17.3 Å². The maximum atomic E-state index is 12.4. The minimum atomic E-state index is -0.109. The van der Waals surface area contributed by atoms with E-state index >= 15 is 0 Å². The molecule has 0 spiro atoms. The van der Waals surface area contributed by atoms with E-state index in [1.807, 2.05) is 13.0 Å². The highest BCUT2D eigenvalue weighted by Crippen LogP contribution is 2.24. The quantitative estimate of drug-likeness (QED) is 0.376. The van der Waals surface area contributed by atoms with Crippen LogP contribution in [0.4, 0.5) is 5.69 Å². The van der Waals surface area contributed by atoms with E-state index in [0.29, 0.717) is 17.9 Å². The SMILES string of the molecule is CC1CC(C(=O)N(C)c2cccc(/C(N)=N/O)c2)CO1. The third-order valence-electron chi connectivity index (χ3n) is 3.52. The number of carbonyl (C=O) groups excluding carboxylic acids is 1. The van der Waals surface area contributed by atoms with Crippen LogP contribution in [0.1, 0.15) is 18.9 Å². The molecule has 0 bridgehead atoms. The maximum Gasteiger partial charge on any atom is 0.232 e. The number of amidine groups is 1. The highest BCUT2D eigenvalue weighted by atomic mass is 16.5. The first-order valence-corrected chi connectivity index (χ1v) is 6.50. The van der Waals surface area contributed by atoms with E-state index in [9.17, 15) is 4.79 Å². The molecule has 0 aliphatic carbocycles. The van der Waals surface area contributed by atoms with Crippen LogP contribution in [-0.4, -0.2) is 36.7 Å². The third-order valence-corrected chi connectivity index (χ3v) is 3.52. The molecule has 2 rings (SSSR count). The van der Waals surface area contributed by atoms with E-state index in [4.69, 9.17) is 15.7 Å². The van der Waals surface area contributed by atoms with Gasteiger partial charge in [0.1, 0.15) is 0 Å². The Morgan fingerprint density at radius 2 is 2.30 bits per heavy atom. The second kappa shape index (κ2) is 5.92. The van der Waals surface area contributed by atoms with Gasteiger partial charge >= 0.3 is 0 Å². The van der Waals surface area contributed by atoms with E-state index in [1.54, 1.807) is 30.1 Å². The molecule has 1 fully saturated rings. The second-order valence-corrected chi connectivity index (χ2v) is 5.01. The zero-order valence-electron chi connectivity index (χ0n) is 11.6. The molecule has 0 radical (unpaired) electrons. The van der Waals surface area contributed by atoms with Crippen molar-refractivity contribution in [2.45, 2.75) is 19.4 Å². The second-order valence-electron chi connectivity index (χ2n) is 5.01. The lowest BCUT2D eigenvalue weighted by Gasteiger charge is -2.21. The van der Waals surface area contributed by atoms with E-state index in [2.05, 4.69) is 5.16 Å². The summed E-state index contributed by atoms with van der Waals surface area (Å²) in [6, 6.07) is 7.01. The molecular formula is C14H19N3O3. The van der Waals surface area contributed by atoms with Crippen LogP contribution < -0.4 is 10.6 Å². The van der Waals surface area contributed by atoms with Gasteiger partial charge in [0.15, 0.2) is 5.84 Å². The van der Waals surface area contributed by atoms with E-state index in [1.165, 1.54) is 0 Å². The molecule has 6 heteroatoms. The fourth-order valence-electron chi connectivity index (χ4n) is 2.32. The standard InChI is InChI=1S/C14H19N3O3/c1-9-6-11(8-20-9)14(18)17(2)12-5-3-4-10(7-12)13(15)16-19/h3-5,7,9,11,19H,6,8H2,1-2H3,(H2,15,16). The lowest BCUT2D eigenvalue weighted by Crippen LogP contribution is -2.33. The van der Waals surface area contributed by atoms with Crippen LogP contribution in [0.25, 0.3) is 0 Å². The molecule has 1 aliphatic rings. The molecule has 1 aliphatic heterocycles. The summed E-state index contributed by atoms with van der Waals surface area (Å²) < 4.78 is 5.43. The van der Waals surface area contributed by atoms with Gasteiger partial charge in [0.2, 0.25) is 5.91 Å². The average Bonchev–Trinajstić information content (AvgIpc) is 2.91. The van der Waals surface area contributed by atoms with Crippen LogP contribution >= 0.6 is 0 Å². The predicted molar refractivity (Wildman–Crippen MR) is 75.9 cm³/mol. The molecule has 1 heterocycles. The molecule has 108 valence electrons. The van der Waals surface area contributed by atoms with Crippen molar-refractivity contribution in [1.82, 2.24) is 0 Å². The number of hydrogen-bond donors (Lipinski definition) is 2. The highest BCUT2D eigenvalue weighted by Gasteiger charge is 2.30. The Bertz CT molecular complexity index is 530. The molecular weight excluding hydrogens is 258 g/mol. The van der Waals surface area contributed by atoms with Crippen LogP contribution in [0.5, 0.6) is 0 Å². The smallest absolute Gasteiger partial charge is 0.232 e. The molecule has 0 saturated carbocycles. The number of anilines is 1. The van der Waals surface area contributed by atoms with Gasteiger partial charge in [-0.25, -0.2) is 0 Å². The van der Waals surface area contributed by atoms with Crippen LogP contribution in [-0.2, 0) is 9.53 Å². The van der Waals surface area contributed by atoms with Crippen molar-refractivity contribution in [2.75, 3.05) is 18.6 Å². The van der Waals surface area contributed by atoms with Gasteiger partial charge in [0, 0.05) is 18.3 Å². The Labute approximate surface area is 117 Å². The van der Waals surface area contributed by atoms with Crippen molar-refractivity contribution >= 4 is 17.4 Å². The molecule has 3 N–H and O–H groups in total. The summed E-state index contributed by atoms with van der Waals surface area (Å²) in [6.45, 7) is 2.43. The summed E-state index contributed by atoms with van der Waals surface area (Å²) >= 11 is 0. The molecule has 1 aromatic carbocycles. The number of hydrogen-bond acceptors (Lipinski definition) is 4. The van der Waals surface area contributed by atoms with Crippen molar-refractivity contribution in [3.63, 3.8) is 0 Å². The number of ether oxygens (including phenoxy) is 1. The number of carbonyl (C=O) groups is 1. The summed E-state index contributed by atoms with van der Waals surface area (Å²) in [5.41, 5.74) is 6.83. The van der Waals surface area contributed by atoms with Gasteiger partial charge < -0.3 is 20.6 Å². The van der Waals surface area contributed by atoms with Crippen LogP contribution in [0, 0.1) is 5.92 Å². The highest BCUT2D eigenvalue weighted by molar-refractivity contribution is 6.00. The predicted octanol–water partition coefficient (Wildman–Crippen LogP) is 1.17. The van der Waals surface area contributed by atoms with E-state index < -0.39 is 0 Å². The minimum absolute atomic E-state index is 0.0190. The van der Waals surface area contributed by atoms with Crippen molar-refractivity contribution in [1.29, 1.82) is 0 Å². The molecule has 1 saturated heterocycles. The molecule has 20 heavy (non-hydrogen) atoms. The Kier molecular flexibility index (Phi) is 4.24. The molecule has 0 aromatic heterocycles. The summed E-state index contributed by atoms with van der Waals surface area (Å²) in [7, 11) is 1.72. The summed E-state index contributed by atoms with van der Waals surface area (Å²) in [6.07, 6.45) is 0.865. The first-order valence-electron chi connectivity index (χ1n) is 6.50. The molecule has 2 unspecified atom stereocenters. The third kappa shape index (κ3) is 2.91. The lowest BCUT2D eigenvalue weighted by molar-refractivity contribution is -0.122. The number of amides is 1. The lowest BCUT2D eigenvalue weighted by atomic mass is 10.0. The molecule has 1 amide bonds. The molecule has 2 atom stereocenters. The van der Waals surface area contributed by atoms with E-state index in [0.717, 1.165) is 6.42 Å². The van der Waals surface area contributed by atoms with Gasteiger partial charge in [-0.15, -0.1) is 0 Å². The van der Waals surface area contributed by atoms with Gasteiger partial charge in [0.25, 0.3) is 0 Å². The largest absolute Gasteiger partial charge is 0.409 e. The molecule has 1 aromatic rings. The van der Waals surface area contributed by atoms with Gasteiger partial charge in [-0.2, -0.15) is 0 Å². The van der Waals surface area contributed by atoms with Crippen molar-refractivity contribution in [3.05, 3.63) is 29.8 Å². The number of oxime groups is 1. The van der Waals surface area contributed by atoms with Crippen molar-refractivity contribution in [3.8, 4) is 0 Å². The minimum Gasteiger partial charge on any atom is -0.409 e. The first-order chi connectivity index (χ1) is 9.52. The van der Waals surface area contributed by atoms with Gasteiger partial charge in [-0.3, -0.25) is 4.79 Å². The Balaban J connectivity index is 2.16. The van der Waals surface area contributed by atoms with Crippen LogP contribution in [0.2, 0.25) is 0 Å².